The SMILES string of the molecule is CCCCCCCCN(CCCCCCCC)c1cccc(C(CCCP)(c2ccccc2)c2ccccc2)c1. The van der Waals surface area contributed by atoms with Crippen molar-refractivity contribution in [1.82, 2.24) is 0 Å². The molecule has 1 nitrogen and oxygen atoms in total. The second-order valence-corrected chi connectivity index (χ2v) is 12.2. The molecule has 40 heavy (non-hydrogen) atoms. The first kappa shape index (κ1) is 32.4. The third kappa shape index (κ3) is 9.76. The molecule has 0 amide bonds. The maximum Gasteiger partial charge on any atom is 0.0452 e. The summed E-state index contributed by atoms with van der Waals surface area (Å²) in [7, 11) is 2.96. The van der Waals surface area contributed by atoms with E-state index in [1.54, 1.807) is 0 Å². The minimum Gasteiger partial charge on any atom is -0.372 e. The third-order valence-electron chi connectivity index (χ3n) is 8.56. The van der Waals surface area contributed by atoms with Crippen LogP contribution in [0.4, 0.5) is 5.69 Å². The van der Waals surface area contributed by atoms with Gasteiger partial charge < -0.3 is 4.90 Å². The van der Waals surface area contributed by atoms with Crippen molar-refractivity contribution in [3.63, 3.8) is 0 Å². The van der Waals surface area contributed by atoms with E-state index in [2.05, 4.69) is 113 Å². The van der Waals surface area contributed by atoms with Crippen molar-refractivity contribution in [2.75, 3.05) is 24.2 Å². The van der Waals surface area contributed by atoms with Crippen molar-refractivity contribution in [3.05, 3.63) is 102 Å². The fraction of sp³-hybridized carbons (Fsp3) is 0.526. The normalized spacial score (nSPS) is 11.6. The zero-order chi connectivity index (χ0) is 28.3. The standard InChI is InChI=1S/C38H56NP/c1-3-5-7-9-11-19-30-39(31-20-12-10-8-6-4-2)37-28-21-27-36(33-37)38(29-22-32-40,34-23-15-13-16-24-34)35-25-17-14-18-26-35/h13-18,21,23-28,33H,3-12,19-20,22,29-32,40H2,1-2H3. The topological polar surface area (TPSA) is 3.24 Å². The number of nitrogens with zero attached hydrogens (tertiary/aromatic N) is 1. The predicted octanol–water partition coefficient (Wildman–Crippen LogP) is 11.2. The van der Waals surface area contributed by atoms with E-state index in [1.165, 1.54) is 113 Å². The lowest BCUT2D eigenvalue weighted by atomic mass is 9.66. The number of hydrogen-bond acceptors (Lipinski definition) is 1. The summed E-state index contributed by atoms with van der Waals surface area (Å²) in [6.45, 7) is 6.94. The summed E-state index contributed by atoms with van der Waals surface area (Å²) < 4.78 is 0. The highest BCUT2D eigenvalue weighted by atomic mass is 31.0. The van der Waals surface area contributed by atoms with Gasteiger partial charge in [-0.3, -0.25) is 0 Å². The molecule has 3 rings (SSSR count). The van der Waals surface area contributed by atoms with E-state index < -0.39 is 0 Å². The van der Waals surface area contributed by atoms with Gasteiger partial charge in [0.2, 0.25) is 0 Å². The van der Waals surface area contributed by atoms with Gasteiger partial charge in [-0.1, -0.05) is 151 Å². The van der Waals surface area contributed by atoms with Crippen LogP contribution in [0.25, 0.3) is 0 Å². The predicted molar refractivity (Wildman–Crippen MR) is 182 cm³/mol. The van der Waals surface area contributed by atoms with E-state index >= 15 is 0 Å². The summed E-state index contributed by atoms with van der Waals surface area (Å²) in [6.07, 6.45) is 19.6. The van der Waals surface area contributed by atoms with Crippen LogP contribution in [-0.4, -0.2) is 19.3 Å². The molecule has 0 N–H and O–H groups in total. The van der Waals surface area contributed by atoms with Gasteiger partial charge >= 0.3 is 0 Å². The molecule has 0 saturated carbocycles. The van der Waals surface area contributed by atoms with E-state index in [9.17, 15) is 0 Å². The van der Waals surface area contributed by atoms with Gasteiger partial charge in [-0.15, -0.1) is 9.24 Å². The van der Waals surface area contributed by atoms with Gasteiger partial charge in [0.25, 0.3) is 0 Å². The number of rotatable bonds is 21. The zero-order valence-corrected chi connectivity index (χ0v) is 26.8. The average Bonchev–Trinajstić information content (AvgIpc) is 3.01. The molecule has 1 atom stereocenters. The van der Waals surface area contributed by atoms with E-state index in [4.69, 9.17) is 0 Å². The fourth-order valence-electron chi connectivity index (χ4n) is 6.25. The lowest BCUT2D eigenvalue weighted by Crippen LogP contribution is -2.31. The maximum atomic E-state index is 2.96. The summed E-state index contributed by atoms with van der Waals surface area (Å²) >= 11 is 0. The Morgan fingerprint density at radius 3 is 1.50 bits per heavy atom. The summed E-state index contributed by atoms with van der Waals surface area (Å²) in [5, 5.41) is 0. The molecular formula is C38H56NP. The van der Waals surface area contributed by atoms with Gasteiger partial charge in [0, 0.05) is 24.2 Å². The van der Waals surface area contributed by atoms with E-state index in [0.29, 0.717) is 0 Å². The van der Waals surface area contributed by atoms with Crippen LogP contribution in [0.2, 0.25) is 0 Å². The van der Waals surface area contributed by atoms with Crippen LogP contribution in [0.3, 0.4) is 0 Å². The molecule has 0 aliphatic rings. The second-order valence-electron chi connectivity index (χ2n) is 11.6. The van der Waals surface area contributed by atoms with Crippen LogP contribution in [0.5, 0.6) is 0 Å². The summed E-state index contributed by atoms with van der Waals surface area (Å²) in [6, 6.07) is 32.1. The van der Waals surface area contributed by atoms with E-state index in [0.717, 1.165) is 19.0 Å². The molecule has 0 radical (unpaired) electrons. The van der Waals surface area contributed by atoms with E-state index in [-0.39, 0.29) is 5.41 Å². The highest BCUT2D eigenvalue weighted by Gasteiger charge is 2.36. The summed E-state index contributed by atoms with van der Waals surface area (Å²) in [5.41, 5.74) is 5.48. The molecule has 1 unspecified atom stereocenters. The lowest BCUT2D eigenvalue weighted by molar-refractivity contribution is 0.551. The van der Waals surface area contributed by atoms with Gasteiger partial charge in [0.05, 0.1) is 0 Å². The van der Waals surface area contributed by atoms with Gasteiger partial charge in [-0.2, -0.15) is 0 Å². The molecule has 2 heteroatoms. The summed E-state index contributed by atoms with van der Waals surface area (Å²) in [4.78, 5) is 2.71. The number of anilines is 1. The quantitative estimate of drug-likeness (QED) is 0.0715. The second kappa shape index (κ2) is 19.1. The first-order valence-corrected chi connectivity index (χ1v) is 17.2. The molecule has 0 fully saturated rings. The maximum absolute atomic E-state index is 2.96. The highest BCUT2D eigenvalue weighted by molar-refractivity contribution is 7.16. The molecule has 218 valence electrons. The Bertz CT molecular complexity index is 976. The molecule has 0 saturated heterocycles. The van der Waals surface area contributed by atoms with E-state index in [1.807, 2.05) is 0 Å². The molecule has 0 aliphatic heterocycles. The molecule has 3 aromatic rings. The lowest BCUT2D eigenvalue weighted by Gasteiger charge is -2.37. The van der Waals surface area contributed by atoms with Crippen molar-refractivity contribution in [1.29, 1.82) is 0 Å². The Labute approximate surface area is 249 Å². The van der Waals surface area contributed by atoms with Crippen molar-refractivity contribution in [2.45, 2.75) is 109 Å². The average molecular weight is 558 g/mol. The minimum atomic E-state index is -0.152. The molecule has 0 spiro atoms. The van der Waals surface area contributed by atoms with Crippen LogP contribution >= 0.6 is 9.24 Å². The highest BCUT2D eigenvalue weighted by Crippen LogP contribution is 2.44. The molecule has 0 heterocycles. The Kier molecular flexibility index (Phi) is 15.5. The molecule has 0 aliphatic carbocycles. The van der Waals surface area contributed by atoms with Gasteiger partial charge in [-0.05, 0) is 60.7 Å². The van der Waals surface area contributed by atoms with Crippen molar-refractivity contribution in [2.24, 2.45) is 0 Å². The molecule has 0 aromatic heterocycles. The van der Waals surface area contributed by atoms with Crippen LogP contribution < -0.4 is 4.90 Å². The Morgan fingerprint density at radius 1 is 0.525 bits per heavy atom. The smallest absolute Gasteiger partial charge is 0.0452 e. The first-order chi connectivity index (χ1) is 19.8. The van der Waals surface area contributed by atoms with Crippen LogP contribution in [-0.2, 0) is 5.41 Å². The number of hydrogen-bond donors (Lipinski definition) is 0. The molecule has 3 aromatic carbocycles. The van der Waals surface area contributed by atoms with Gasteiger partial charge in [0.15, 0.2) is 0 Å². The molecular weight excluding hydrogens is 501 g/mol. The van der Waals surface area contributed by atoms with Crippen LogP contribution in [0, 0.1) is 0 Å². The minimum absolute atomic E-state index is 0.152. The largest absolute Gasteiger partial charge is 0.372 e. The Hall–Kier alpha value is -2.11. The van der Waals surface area contributed by atoms with Crippen molar-refractivity contribution in [3.8, 4) is 0 Å². The fourth-order valence-corrected chi connectivity index (χ4v) is 6.45. The third-order valence-corrected chi connectivity index (χ3v) is 8.96. The molecule has 0 bridgehead atoms. The number of unbranched alkanes of at least 4 members (excludes halogenated alkanes) is 10. The van der Waals surface area contributed by atoms with Gasteiger partial charge in [0.1, 0.15) is 0 Å². The monoisotopic (exact) mass is 557 g/mol. The van der Waals surface area contributed by atoms with Gasteiger partial charge in [-0.25, -0.2) is 0 Å². The van der Waals surface area contributed by atoms with Crippen LogP contribution in [0.15, 0.2) is 84.9 Å². The summed E-state index contributed by atoms with van der Waals surface area (Å²) in [5.74, 6) is 0. The Balaban J connectivity index is 1.92. The van der Waals surface area contributed by atoms with Crippen LogP contribution in [0.1, 0.15) is 120 Å². The number of benzene rings is 3. The first-order valence-electron chi connectivity index (χ1n) is 16.4. The Morgan fingerprint density at radius 2 is 1.00 bits per heavy atom. The van der Waals surface area contributed by atoms with Crippen molar-refractivity contribution < 1.29 is 0 Å². The van der Waals surface area contributed by atoms with Crippen molar-refractivity contribution >= 4 is 14.9 Å². The zero-order valence-electron chi connectivity index (χ0n) is 25.6.